The second-order valence-electron chi connectivity index (χ2n) is 5.01. The van der Waals surface area contributed by atoms with Crippen molar-refractivity contribution in [3.8, 4) is 11.5 Å². The molecule has 0 aliphatic carbocycles. The monoisotopic (exact) mass is 327 g/mol. The number of anilines is 2. The highest BCUT2D eigenvalue weighted by Gasteiger charge is 2.15. The van der Waals surface area contributed by atoms with Crippen LogP contribution in [-0.2, 0) is 0 Å². The number of carbonyl (C=O) groups is 1. The number of benzene rings is 1. The lowest BCUT2D eigenvalue weighted by atomic mass is 10.2. The summed E-state index contributed by atoms with van der Waals surface area (Å²) in [5.41, 5.74) is 4.30. The Bertz CT molecular complexity index is 1030. The SMILES string of the molecule is Cc1cnc(-c2cccc(NC(=O)c3[nH]c(=O)[nH]c(=O)c3N)c2)o1. The summed E-state index contributed by atoms with van der Waals surface area (Å²) < 4.78 is 5.43. The number of oxazole rings is 1. The van der Waals surface area contributed by atoms with Crippen molar-refractivity contribution in [3.63, 3.8) is 0 Å². The maximum atomic E-state index is 12.2. The molecule has 1 amide bonds. The van der Waals surface area contributed by atoms with E-state index < -0.39 is 17.2 Å². The van der Waals surface area contributed by atoms with Crippen molar-refractivity contribution in [2.24, 2.45) is 0 Å². The second-order valence-corrected chi connectivity index (χ2v) is 5.01. The summed E-state index contributed by atoms with van der Waals surface area (Å²) in [6, 6.07) is 6.75. The zero-order valence-corrected chi connectivity index (χ0v) is 12.5. The van der Waals surface area contributed by atoms with E-state index in [2.05, 4.69) is 15.3 Å². The number of nitrogens with one attached hydrogen (secondary N) is 3. The molecular formula is C15H13N5O4. The third-order valence-corrected chi connectivity index (χ3v) is 3.20. The van der Waals surface area contributed by atoms with Gasteiger partial charge in [0, 0.05) is 11.3 Å². The van der Waals surface area contributed by atoms with E-state index in [1.807, 2.05) is 4.98 Å². The molecule has 0 fully saturated rings. The lowest BCUT2D eigenvalue weighted by molar-refractivity contribution is 0.102. The summed E-state index contributed by atoms with van der Waals surface area (Å²) in [4.78, 5) is 43.2. The number of aromatic nitrogens is 3. The summed E-state index contributed by atoms with van der Waals surface area (Å²) in [6.07, 6.45) is 1.59. The van der Waals surface area contributed by atoms with Gasteiger partial charge in [0.1, 0.15) is 17.1 Å². The zero-order valence-electron chi connectivity index (χ0n) is 12.5. The van der Waals surface area contributed by atoms with Crippen LogP contribution in [0.15, 0.2) is 44.5 Å². The highest BCUT2D eigenvalue weighted by atomic mass is 16.4. The van der Waals surface area contributed by atoms with Crippen LogP contribution in [0.3, 0.4) is 0 Å². The molecule has 0 aliphatic heterocycles. The Balaban J connectivity index is 1.90. The first kappa shape index (κ1) is 15.3. The summed E-state index contributed by atoms with van der Waals surface area (Å²) in [5.74, 6) is 0.359. The molecular weight excluding hydrogens is 314 g/mol. The van der Waals surface area contributed by atoms with Gasteiger partial charge in [-0.15, -0.1) is 0 Å². The van der Waals surface area contributed by atoms with E-state index in [-0.39, 0.29) is 11.4 Å². The minimum absolute atomic E-state index is 0.305. The topological polar surface area (TPSA) is 147 Å². The van der Waals surface area contributed by atoms with Gasteiger partial charge in [0.05, 0.1) is 6.20 Å². The van der Waals surface area contributed by atoms with Crippen LogP contribution < -0.4 is 22.3 Å². The average Bonchev–Trinajstić information content (AvgIpc) is 2.97. The maximum absolute atomic E-state index is 12.2. The molecule has 0 bridgehead atoms. The van der Waals surface area contributed by atoms with Crippen LogP contribution >= 0.6 is 0 Å². The minimum Gasteiger partial charge on any atom is -0.441 e. The number of nitrogens with zero attached hydrogens (tertiary/aromatic N) is 1. The van der Waals surface area contributed by atoms with Crippen molar-refractivity contribution < 1.29 is 9.21 Å². The fraction of sp³-hybridized carbons (Fsp3) is 0.0667. The van der Waals surface area contributed by atoms with Crippen LogP contribution in [0.25, 0.3) is 11.5 Å². The smallest absolute Gasteiger partial charge is 0.326 e. The first-order valence-electron chi connectivity index (χ1n) is 6.90. The number of aryl methyl sites for hydroxylation is 1. The Hall–Kier alpha value is -3.62. The first-order chi connectivity index (χ1) is 11.4. The van der Waals surface area contributed by atoms with Gasteiger partial charge in [-0.05, 0) is 25.1 Å². The molecule has 3 rings (SSSR count). The van der Waals surface area contributed by atoms with Crippen molar-refractivity contribution in [2.45, 2.75) is 6.92 Å². The summed E-state index contributed by atoms with van der Waals surface area (Å²) in [7, 11) is 0. The number of rotatable bonds is 3. The van der Waals surface area contributed by atoms with Gasteiger partial charge in [-0.2, -0.15) is 0 Å². The molecule has 2 heterocycles. The van der Waals surface area contributed by atoms with Crippen LogP contribution in [0.1, 0.15) is 16.2 Å². The highest BCUT2D eigenvalue weighted by Crippen LogP contribution is 2.22. The largest absolute Gasteiger partial charge is 0.441 e. The van der Waals surface area contributed by atoms with Crippen LogP contribution in [0, 0.1) is 6.92 Å². The van der Waals surface area contributed by atoms with Crippen molar-refractivity contribution in [2.75, 3.05) is 11.1 Å². The molecule has 9 heteroatoms. The van der Waals surface area contributed by atoms with Gasteiger partial charge in [0.15, 0.2) is 0 Å². The molecule has 1 aromatic carbocycles. The normalized spacial score (nSPS) is 10.5. The Kier molecular flexibility index (Phi) is 3.74. The van der Waals surface area contributed by atoms with E-state index in [9.17, 15) is 14.4 Å². The summed E-state index contributed by atoms with van der Waals surface area (Å²) in [5, 5.41) is 2.56. The Morgan fingerprint density at radius 3 is 2.79 bits per heavy atom. The lowest BCUT2D eigenvalue weighted by Crippen LogP contribution is -2.30. The molecule has 2 aromatic heterocycles. The van der Waals surface area contributed by atoms with Gasteiger partial charge >= 0.3 is 5.69 Å². The van der Waals surface area contributed by atoms with Crippen molar-refractivity contribution in [3.05, 3.63) is 62.8 Å². The fourth-order valence-corrected chi connectivity index (χ4v) is 2.09. The fourth-order valence-electron chi connectivity index (χ4n) is 2.09. The average molecular weight is 327 g/mol. The number of hydrogen-bond donors (Lipinski definition) is 4. The number of aromatic amines is 2. The third-order valence-electron chi connectivity index (χ3n) is 3.20. The molecule has 0 saturated carbocycles. The standard InChI is InChI=1S/C15H13N5O4/c1-7-6-17-14(24-7)8-3-2-4-9(5-8)18-13(22)11-10(16)12(21)20-15(23)19-11/h2-6H,16H2,1H3,(H,18,22)(H2,19,20,21,23). The first-order valence-corrected chi connectivity index (χ1v) is 6.90. The van der Waals surface area contributed by atoms with Crippen LogP contribution in [-0.4, -0.2) is 20.9 Å². The van der Waals surface area contributed by atoms with Crippen LogP contribution in [0.2, 0.25) is 0 Å². The van der Waals surface area contributed by atoms with Gasteiger partial charge in [-0.3, -0.25) is 14.6 Å². The molecule has 0 unspecified atom stereocenters. The zero-order chi connectivity index (χ0) is 17.3. The van der Waals surface area contributed by atoms with E-state index in [1.165, 1.54) is 0 Å². The van der Waals surface area contributed by atoms with Crippen molar-refractivity contribution in [1.29, 1.82) is 0 Å². The molecule has 5 N–H and O–H groups in total. The number of nitrogen functional groups attached to an aromatic ring is 1. The Morgan fingerprint density at radius 1 is 1.29 bits per heavy atom. The highest BCUT2D eigenvalue weighted by molar-refractivity contribution is 6.06. The van der Waals surface area contributed by atoms with Gasteiger partial charge in [0.25, 0.3) is 11.5 Å². The molecule has 0 spiro atoms. The van der Waals surface area contributed by atoms with Crippen molar-refractivity contribution >= 4 is 17.3 Å². The van der Waals surface area contributed by atoms with Gasteiger partial charge in [0.2, 0.25) is 5.89 Å². The molecule has 122 valence electrons. The minimum atomic E-state index is -0.826. The number of carbonyl (C=O) groups excluding carboxylic acids is 1. The van der Waals surface area contributed by atoms with Crippen LogP contribution in [0.5, 0.6) is 0 Å². The van der Waals surface area contributed by atoms with E-state index in [4.69, 9.17) is 10.2 Å². The summed E-state index contributed by atoms with van der Waals surface area (Å²) in [6.45, 7) is 1.77. The van der Waals surface area contributed by atoms with Gasteiger partial charge in [-0.1, -0.05) is 6.07 Å². The predicted molar refractivity (Wildman–Crippen MR) is 86.7 cm³/mol. The van der Waals surface area contributed by atoms with E-state index >= 15 is 0 Å². The number of H-pyrrole nitrogens is 2. The molecule has 24 heavy (non-hydrogen) atoms. The third kappa shape index (κ3) is 2.95. The van der Waals surface area contributed by atoms with E-state index in [0.717, 1.165) is 0 Å². The quantitative estimate of drug-likeness (QED) is 0.561. The van der Waals surface area contributed by atoms with Gasteiger partial charge in [-0.25, -0.2) is 9.78 Å². The number of nitrogens with two attached hydrogens (primary N) is 1. The van der Waals surface area contributed by atoms with Gasteiger partial charge < -0.3 is 20.5 Å². The van der Waals surface area contributed by atoms with E-state index in [1.54, 1.807) is 37.4 Å². The number of amides is 1. The number of hydrogen-bond acceptors (Lipinski definition) is 6. The molecule has 0 radical (unpaired) electrons. The molecule has 3 aromatic rings. The van der Waals surface area contributed by atoms with E-state index in [0.29, 0.717) is 22.9 Å². The van der Waals surface area contributed by atoms with Crippen molar-refractivity contribution in [1.82, 2.24) is 15.0 Å². The summed E-state index contributed by atoms with van der Waals surface area (Å²) >= 11 is 0. The molecule has 9 nitrogen and oxygen atoms in total. The second kappa shape index (κ2) is 5.88. The predicted octanol–water partition coefficient (Wildman–Crippen LogP) is 0.861. The Morgan fingerprint density at radius 2 is 2.08 bits per heavy atom. The molecule has 0 saturated heterocycles. The molecule has 0 atom stereocenters. The molecule has 0 aliphatic rings. The lowest BCUT2D eigenvalue weighted by Gasteiger charge is -2.07. The Labute approximate surface area is 134 Å². The maximum Gasteiger partial charge on any atom is 0.326 e. The van der Waals surface area contributed by atoms with Crippen LogP contribution in [0.4, 0.5) is 11.4 Å².